The Morgan fingerprint density at radius 2 is 2.21 bits per heavy atom. The van der Waals surface area contributed by atoms with Gasteiger partial charge in [-0.3, -0.25) is 0 Å². The zero-order valence-corrected chi connectivity index (χ0v) is 14.3. The second-order valence-electron chi connectivity index (χ2n) is 7.89. The molecule has 2 N–H and O–H groups in total. The first-order valence-corrected chi connectivity index (χ1v) is 9.45. The lowest BCUT2D eigenvalue weighted by molar-refractivity contribution is 0.129. The average molecular weight is 328 g/mol. The highest BCUT2D eigenvalue weighted by atomic mass is 16.3. The summed E-state index contributed by atoms with van der Waals surface area (Å²) in [6.07, 6.45) is 6.98. The van der Waals surface area contributed by atoms with Crippen LogP contribution in [-0.2, 0) is 11.8 Å². The number of urea groups is 1. The van der Waals surface area contributed by atoms with Gasteiger partial charge in [0, 0.05) is 31.7 Å². The van der Waals surface area contributed by atoms with E-state index in [9.17, 15) is 9.90 Å². The summed E-state index contributed by atoms with van der Waals surface area (Å²) >= 11 is 0. The number of likely N-dealkylation sites (tertiary alicyclic amines) is 1. The van der Waals surface area contributed by atoms with Gasteiger partial charge in [-0.2, -0.15) is 0 Å². The molecule has 2 amide bonds. The molecule has 1 saturated carbocycles. The smallest absolute Gasteiger partial charge is 0.317 e. The normalized spacial score (nSPS) is 31.6. The maximum absolute atomic E-state index is 12.4. The Hall–Kier alpha value is -1.55. The summed E-state index contributed by atoms with van der Waals surface area (Å²) in [6, 6.07) is 8.92. The number of aliphatic hydroxyl groups is 1. The van der Waals surface area contributed by atoms with E-state index >= 15 is 0 Å². The molecule has 0 unspecified atom stereocenters. The first-order chi connectivity index (χ1) is 11.7. The number of nitrogens with one attached hydrogen (secondary N) is 1. The van der Waals surface area contributed by atoms with Crippen molar-refractivity contribution in [3.63, 3.8) is 0 Å². The zero-order valence-electron chi connectivity index (χ0n) is 14.3. The van der Waals surface area contributed by atoms with Crippen molar-refractivity contribution in [2.24, 2.45) is 11.8 Å². The highest BCUT2D eigenvalue weighted by molar-refractivity contribution is 5.74. The fourth-order valence-corrected chi connectivity index (χ4v) is 4.96. The van der Waals surface area contributed by atoms with Gasteiger partial charge < -0.3 is 15.3 Å². The van der Waals surface area contributed by atoms with Crippen molar-refractivity contribution < 1.29 is 9.90 Å². The first-order valence-electron chi connectivity index (χ1n) is 9.45. The minimum absolute atomic E-state index is 0.0549. The molecule has 2 fully saturated rings. The summed E-state index contributed by atoms with van der Waals surface area (Å²) in [4.78, 5) is 14.3. The highest BCUT2D eigenvalue weighted by Gasteiger charge is 2.56. The van der Waals surface area contributed by atoms with E-state index in [1.807, 2.05) is 4.90 Å². The summed E-state index contributed by atoms with van der Waals surface area (Å²) in [5.74, 6) is 0.836. The molecular weight excluding hydrogens is 300 g/mol. The van der Waals surface area contributed by atoms with Gasteiger partial charge in [0.15, 0.2) is 0 Å². The molecule has 3 aliphatic rings. The van der Waals surface area contributed by atoms with E-state index in [2.05, 4.69) is 29.6 Å². The van der Waals surface area contributed by atoms with Crippen molar-refractivity contribution >= 4 is 6.03 Å². The summed E-state index contributed by atoms with van der Waals surface area (Å²) < 4.78 is 0. The molecule has 1 saturated heterocycles. The molecule has 0 bridgehead atoms. The van der Waals surface area contributed by atoms with Crippen LogP contribution in [0.3, 0.4) is 0 Å². The fraction of sp³-hybridized carbons (Fsp3) is 0.650. The monoisotopic (exact) mass is 328 g/mol. The molecule has 4 nitrogen and oxygen atoms in total. The number of rotatable bonds is 3. The van der Waals surface area contributed by atoms with Gasteiger partial charge in [-0.15, -0.1) is 0 Å². The molecule has 0 radical (unpaired) electrons. The van der Waals surface area contributed by atoms with Gasteiger partial charge in [-0.05, 0) is 61.5 Å². The van der Waals surface area contributed by atoms with Crippen LogP contribution in [0.15, 0.2) is 24.3 Å². The van der Waals surface area contributed by atoms with E-state index in [1.54, 1.807) is 0 Å². The molecule has 1 aromatic carbocycles. The maximum Gasteiger partial charge on any atom is 0.317 e. The summed E-state index contributed by atoms with van der Waals surface area (Å²) in [5, 5.41) is 12.5. The van der Waals surface area contributed by atoms with Gasteiger partial charge in [0.25, 0.3) is 0 Å². The lowest BCUT2D eigenvalue weighted by Gasteiger charge is -2.32. The molecule has 1 spiro atoms. The number of nitrogens with zero attached hydrogens (tertiary/aromatic N) is 1. The second-order valence-corrected chi connectivity index (χ2v) is 7.89. The van der Waals surface area contributed by atoms with Crippen molar-refractivity contribution in [1.29, 1.82) is 0 Å². The Kier molecular flexibility index (Phi) is 4.25. The molecule has 1 aromatic rings. The Labute approximate surface area is 144 Å². The van der Waals surface area contributed by atoms with Crippen LogP contribution in [0.2, 0.25) is 0 Å². The van der Waals surface area contributed by atoms with Gasteiger partial charge in [0.05, 0.1) is 0 Å². The van der Waals surface area contributed by atoms with E-state index in [1.165, 1.54) is 36.8 Å². The van der Waals surface area contributed by atoms with Gasteiger partial charge in [0.2, 0.25) is 0 Å². The van der Waals surface area contributed by atoms with Crippen LogP contribution < -0.4 is 5.32 Å². The number of piperidine rings is 1. The van der Waals surface area contributed by atoms with Crippen molar-refractivity contribution in [1.82, 2.24) is 10.2 Å². The maximum atomic E-state index is 12.4. The molecule has 0 aromatic heterocycles. The van der Waals surface area contributed by atoms with Crippen molar-refractivity contribution in [3.05, 3.63) is 35.4 Å². The van der Waals surface area contributed by atoms with E-state index in [0.29, 0.717) is 17.9 Å². The van der Waals surface area contributed by atoms with Crippen molar-refractivity contribution in [2.45, 2.75) is 43.9 Å². The molecule has 24 heavy (non-hydrogen) atoms. The first kappa shape index (κ1) is 15.9. The number of hydrogen-bond donors (Lipinski definition) is 2. The molecule has 1 aliphatic heterocycles. The number of benzene rings is 1. The SMILES string of the molecule is O=C(NC[C@@H]1C[C@@]12CCCc1ccccc12)N1CCC[C@@H](CO)C1. The number of carbonyl (C=O) groups excluding carboxylic acids is 1. The molecule has 130 valence electrons. The van der Waals surface area contributed by atoms with Crippen LogP contribution in [0.1, 0.15) is 43.2 Å². The van der Waals surface area contributed by atoms with Gasteiger partial charge in [-0.25, -0.2) is 4.79 Å². The molecule has 3 atom stereocenters. The Balaban J connectivity index is 1.35. The van der Waals surface area contributed by atoms with E-state index in [-0.39, 0.29) is 18.6 Å². The Morgan fingerprint density at radius 1 is 1.33 bits per heavy atom. The minimum Gasteiger partial charge on any atom is -0.396 e. The van der Waals surface area contributed by atoms with Crippen LogP contribution in [0.5, 0.6) is 0 Å². The number of hydrogen-bond acceptors (Lipinski definition) is 2. The average Bonchev–Trinajstić information content (AvgIpc) is 3.33. The number of amides is 2. The summed E-state index contributed by atoms with van der Waals surface area (Å²) in [7, 11) is 0. The Bertz CT molecular complexity index is 617. The number of carbonyl (C=O) groups is 1. The summed E-state index contributed by atoms with van der Waals surface area (Å²) in [6.45, 7) is 2.49. The third kappa shape index (κ3) is 2.81. The number of aryl methyl sites for hydroxylation is 1. The third-order valence-corrected chi connectivity index (χ3v) is 6.42. The number of fused-ring (bicyclic) bond motifs is 2. The Morgan fingerprint density at radius 3 is 3.08 bits per heavy atom. The summed E-state index contributed by atoms with van der Waals surface area (Å²) in [5.41, 5.74) is 3.38. The van der Waals surface area contributed by atoms with Crippen molar-refractivity contribution in [2.75, 3.05) is 26.2 Å². The lowest BCUT2D eigenvalue weighted by Crippen LogP contribution is -2.46. The molecule has 4 heteroatoms. The fourth-order valence-electron chi connectivity index (χ4n) is 4.96. The zero-order chi connectivity index (χ0) is 16.6. The van der Waals surface area contributed by atoms with Gasteiger partial charge in [0.1, 0.15) is 0 Å². The van der Waals surface area contributed by atoms with Crippen molar-refractivity contribution in [3.8, 4) is 0 Å². The third-order valence-electron chi connectivity index (χ3n) is 6.42. The quantitative estimate of drug-likeness (QED) is 0.896. The largest absolute Gasteiger partial charge is 0.396 e. The van der Waals surface area contributed by atoms with Crippen LogP contribution in [0.25, 0.3) is 0 Å². The lowest BCUT2D eigenvalue weighted by atomic mass is 9.78. The minimum atomic E-state index is 0.0549. The van der Waals surface area contributed by atoms with Crippen LogP contribution in [-0.4, -0.2) is 42.3 Å². The van der Waals surface area contributed by atoms with Crippen LogP contribution in [0.4, 0.5) is 4.79 Å². The molecule has 1 heterocycles. The van der Waals surface area contributed by atoms with Crippen LogP contribution in [0, 0.1) is 11.8 Å². The second kappa shape index (κ2) is 6.40. The molecule has 2 aliphatic carbocycles. The van der Waals surface area contributed by atoms with E-state index < -0.39 is 0 Å². The van der Waals surface area contributed by atoms with Gasteiger partial charge >= 0.3 is 6.03 Å². The standard InChI is InChI=1S/C20H28N2O2/c23-14-15-5-4-10-22(13-15)19(24)21-12-17-11-20(17)9-3-7-16-6-1-2-8-18(16)20/h1-2,6,8,15,17,23H,3-5,7,9-14H2,(H,21,24)/t15-,17+,20+/m1/s1. The highest BCUT2D eigenvalue weighted by Crippen LogP contribution is 2.59. The van der Waals surface area contributed by atoms with Crippen LogP contribution >= 0.6 is 0 Å². The molecular formula is C20H28N2O2. The van der Waals surface area contributed by atoms with Gasteiger partial charge in [-0.1, -0.05) is 24.3 Å². The van der Waals surface area contributed by atoms with E-state index in [4.69, 9.17) is 0 Å². The van der Waals surface area contributed by atoms with E-state index in [0.717, 1.165) is 25.9 Å². The molecule has 4 rings (SSSR count). The predicted octanol–water partition coefficient (Wildman–Crippen LogP) is 2.69. The number of aliphatic hydroxyl groups excluding tert-OH is 1. The topological polar surface area (TPSA) is 52.6 Å². The predicted molar refractivity (Wildman–Crippen MR) is 93.9 cm³/mol.